The highest BCUT2D eigenvalue weighted by atomic mass is 16.5. The Balaban J connectivity index is 1.88. The van der Waals surface area contributed by atoms with E-state index in [0.717, 1.165) is 24.0 Å². The molecule has 2 aromatic rings. The molecule has 120 valence electrons. The minimum absolute atomic E-state index is 0.175. The minimum Gasteiger partial charge on any atom is -0.508 e. The van der Waals surface area contributed by atoms with Crippen molar-refractivity contribution in [2.45, 2.75) is 25.9 Å². The summed E-state index contributed by atoms with van der Waals surface area (Å²) in [6.45, 7) is 1.36. The van der Waals surface area contributed by atoms with Gasteiger partial charge < -0.3 is 19.3 Å². The van der Waals surface area contributed by atoms with Crippen LogP contribution in [0.2, 0.25) is 0 Å². The smallest absolute Gasteiger partial charge is 0.308 e. The van der Waals surface area contributed by atoms with Crippen molar-refractivity contribution in [3.8, 4) is 23.0 Å². The fourth-order valence-corrected chi connectivity index (χ4v) is 2.76. The zero-order chi connectivity index (χ0) is 16.4. The summed E-state index contributed by atoms with van der Waals surface area (Å²) in [6.07, 6.45) is 1.49. The van der Waals surface area contributed by atoms with Crippen LogP contribution in [0.25, 0.3) is 0 Å². The van der Waals surface area contributed by atoms with Gasteiger partial charge in [0, 0.05) is 24.6 Å². The minimum atomic E-state index is -0.377. The third-order valence-corrected chi connectivity index (χ3v) is 3.81. The molecule has 23 heavy (non-hydrogen) atoms. The Bertz CT molecular complexity index is 738. The second-order valence-electron chi connectivity index (χ2n) is 5.43. The van der Waals surface area contributed by atoms with E-state index in [0.29, 0.717) is 17.2 Å². The maximum absolute atomic E-state index is 11.1. The predicted molar refractivity (Wildman–Crippen MR) is 84.1 cm³/mol. The third-order valence-electron chi connectivity index (χ3n) is 3.81. The van der Waals surface area contributed by atoms with E-state index >= 15 is 0 Å². The number of phenols is 1. The van der Waals surface area contributed by atoms with Gasteiger partial charge in [0.2, 0.25) is 0 Å². The molecule has 1 heterocycles. The second-order valence-corrected chi connectivity index (χ2v) is 5.43. The highest BCUT2D eigenvalue weighted by Gasteiger charge is 2.24. The lowest BCUT2D eigenvalue weighted by molar-refractivity contribution is -0.131. The van der Waals surface area contributed by atoms with Crippen molar-refractivity contribution in [2.75, 3.05) is 7.11 Å². The number of esters is 1. The fraction of sp³-hybridized carbons (Fsp3) is 0.278. The molecular formula is C18H18O5. The molecule has 1 aliphatic rings. The molecule has 1 N–H and O–H groups in total. The molecule has 0 spiro atoms. The van der Waals surface area contributed by atoms with Crippen molar-refractivity contribution in [1.29, 1.82) is 0 Å². The lowest BCUT2D eigenvalue weighted by Gasteiger charge is -2.27. The molecule has 0 amide bonds. The molecule has 0 saturated carbocycles. The van der Waals surface area contributed by atoms with E-state index in [1.54, 1.807) is 31.4 Å². The van der Waals surface area contributed by atoms with Gasteiger partial charge in [-0.3, -0.25) is 4.79 Å². The van der Waals surface area contributed by atoms with Gasteiger partial charge in [0.1, 0.15) is 29.1 Å². The van der Waals surface area contributed by atoms with Gasteiger partial charge in [0.15, 0.2) is 0 Å². The third kappa shape index (κ3) is 3.23. The number of fused-ring (bicyclic) bond motifs is 1. The van der Waals surface area contributed by atoms with Crippen molar-refractivity contribution in [2.24, 2.45) is 0 Å². The standard InChI is InChI=1S/C18H18O5/c1-11(19)22-14-6-7-15(18(10-14)21-2)16-8-4-12-3-5-13(20)9-17(12)23-16/h3,5-7,9-10,16,20H,4,8H2,1-2H3. The zero-order valence-electron chi connectivity index (χ0n) is 13.0. The number of ether oxygens (including phenoxy) is 3. The molecule has 0 saturated heterocycles. The van der Waals surface area contributed by atoms with Gasteiger partial charge in [0.05, 0.1) is 7.11 Å². The van der Waals surface area contributed by atoms with Crippen LogP contribution in [0.3, 0.4) is 0 Å². The number of carbonyl (C=O) groups excluding carboxylic acids is 1. The van der Waals surface area contributed by atoms with E-state index < -0.39 is 0 Å². The number of rotatable bonds is 3. The van der Waals surface area contributed by atoms with Crippen LogP contribution in [-0.2, 0) is 11.2 Å². The average Bonchev–Trinajstić information content (AvgIpc) is 2.53. The van der Waals surface area contributed by atoms with Crippen LogP contribution in [-0.4, -0.2) is 18.2 Å². The molecule has 0 aliphatic carbocycles. The van der Waals surface area contributed by atoms with Gasteiger partial charge in [0.25, 0.3) is 0 Å². The van der Waals surface area contributed by atoms with Crippen LogP contribution in [0.5, 0.6) is 23.0 Å². The summed E-state index contributed by atoms with van der Waals surface area (Å²) in [5.41, 5.74) is 1.96. The van der Waals surface area contributed by atoms with Crippen LogP contribution in [0.15, 0.2) is 36.4 Å². The van der Waals surface area contributed by atoms with Gasteiger partial charge in [-0.25, -0.2) is 0 Å². The van der Waals surface area contributed by atoms with Crippen LogP contribution in [0.1, 0.15) is 30.6 Å². The topological polar surface area (TPSA) is 65.0 Å². The molecule has 5 nitrogen and oxygen atoms in total. The van der Waals surface area contributed by atoms with E-state index in [-0.39, 0.29) is 17.8 Å². The Kier molecular flexibility index (Phi) is 4.10. The summed E-state index contributed by atoms with van der Waals surface area (Å²) < 4.78 is 16.5. The zero-order valence-corrected chi connectivity index (χ0v) is 13.0. The molecule has 0 bridgehead atoms. The maximum atomic E-state index is 11.1. The summed E-state index contributed by atoms with van der Waals surface area (Å²) in [5, 5.41) is 9.61. The van der Waals surface area contributed by atoms with Crippen LogP contribution < -0.4 is 14.2 Å². The highest BCUT2D eigenvalue weighted by Crippen LogP contribution is 2.40. The van der Waals surface area contributed by atoms with Crippen LogP contribution >= 0.6 is 0 Å². The molecule has 5 heteroatoms. The molecule has 0 fully saturated rings. The van der Waals surface area contributed by atoms with Crippen molar-refractivity contribution < 1.29 is 24.1 Å². The quantitative estimate of drug-likeness (QED) is 0.695. The van der Waals surface area contributed by atoms with E-state index in [1.807, 2.05) is 12.1 Å². The molecule has 1 unspecified atom stereocenters. The first-order valence-electron chi connectivity index (χ1n) is 7.41. The fourth-order valence-electron chi connectivity index (χ4n) is 2.76. The monoisotopic (exact) mass is 314 g/mol. The van der Waals surface area contributed by atoms with Gasteiger partial charge in [-0.05, 0) is 36.6 Å². The van der Waals surface area contributed by atoms with Crippen molar-refractivity contribution >= 4 is 5.97 Å². The second kappa shape index (κ2) is 6.20. The number of aryl methyl sites for hydroxylation is 1. The molecule has 2 aromatic carbocycles. The molecule has 0 radical (unpaired) electrons. The molecule has 0 aromatic heterocycles. The van der Waals surface area contributed by atoms with Crippen LogP contribution in [0, 0.1) is 0 Å². The van der Waals surface area contributed by atoms with E-state index in [4.69, 9.17) is 14.2 Å². The van der Waals surface area contributed by atoms with E-state index in [1.165, 1.54) is 6.92 Å². The lowest BCUT2D eigenvalue weighted by atomic mass is 9.96. The molecule has 1 atom stereocenters. The maximum Gasteiger partial charge on any atom is 0.308 e. The molecular weight excluding hydrogens is 296 g/mol. The highest BCUT2D eigenvalue weighted by molar-refractivity contribution is 5.69. The Labute approximate surface area is 134 Å². The summed E-state index contributed by atoms with van der Waals surface area (Å²) in [4.78, 5) is 11.1. The van der Waals surface area contributed by atoms with Gasteiger partial charge in [-0.15, -0.1) is 0 Å². The first-order chi connectivity index (χ1) is 11.1. The molecule has 1 aliphatic heterocycles. The Morgan fingerprint density at radius 1 is 1.26 bits per heavy atom. The van der Waals surface area contributed by atoms with Gasteiger partial charge in [-0.2, -0.15) is 0 Å². The Hall–Kier alpha value is -2.69. The van der Waals surface area contributed by atoms with E-state index in [2.05, 4.69) is 0 Å². The van der Waals surface area contributed by atoms with Crippen molar-refractivity contribution in [1.82, 2.24) is 0 Å². The van der Waals surface area contributed by atoms with Crippen molar-refractivity contribution in [3.63, 3.8) is 0 Å². The summed E-state index contributed by atoms with van der Waals surface area (Å²) >= 11 is 0. The number of methoxy groups -OCH3 is 1. The van der Waals surface area contributed by atoms with Gasteiger partial charge >= 0.3 is 5.97 Å². The van der Waals surface area contributed by atoms with Crippen LogP contribution in [0.4, 0.5) is 0 Å². The largest absolute Gasteiger partial charge is 0.508 e. The Morgan fingerprint density at radius 2 is 2.09 bits per heavy atom. The number of carbonyl (C=O) groups is 1. The normalized spacial score (nSPS) is 16.2. The number of aromatic hydroxyl groups is 1. The number of hydrogen-bond donors (Lipinski definition) is 1. The Morgan fingerprint density at radius 3 is 2.83 bits per heavy atom. The summed E-state index contributed by atoms with van der Waals surface area (Å²) in [6, 6.07) is 10.4. The molecule has 3 rings (SSSR count). The SMILES string of the molecule is COc1cc(OC(C)=O)ccc1C1CCc2ccc(O)cc2O1. The predicted octanol–water partition coefficient (Wildman–Crippen LogP) is 3.39. The number of hydrogen-bond acceptors (Lipinski definition) is 5. The van der Waals surface area contributed by atoms with Crippen molar-refractivity contribution in [3.05, 3.63) is 47.5 Å². The lowest BCUT2D eigenvalue weighted by Crippen LogP contribution is -2.16. The number of phenolic OH excluding ortho intramolecular Hbond substituents is 1. The first-order valence-corrected chi connectivity index (χ1v) is 7.41. The first kappa shape index (κ1) is 15.2. The number of benzene rings is 2. The van der Waals surface area contributed by atoms with Gasteiger partial charge in [-0.1, -0.05) is 6.07 Å². The average molecular weight is 314 g/mol. The summed E-state index contributed by atoms with van der Waals surface area (Å²) in [5.74, 6) is 1.54. The summed E-state index contributed by atoms with van der Waals surface area (Å²) in [7, 11) is 1.57. The van der Waals surface area contributed by atoms with E-state index in [9.17, 15) is 9.90 Å².